The average molecular weight is 963 g/mol. The average Bonchev–Trinajstić information content (AvgIpc) is 3.29. The van der Waals surface area contributed by atoms with E-state index in [1.165, 1.54) is 42.0 Å². The number of hydrogen-bond acceptors (Lipinski definition) is 12. The van der Waals surface area contributed by atoms with Crippen molar-refractivity contribution in [1.29, 1.82) is 0 Å². The molecule has 2 aromatic rings. The minimum atomic E-state index is -1.47. The Hall–Kier alpha value is -5.80. The highest BCUT2D eigenvalue weighted by Gasteiger charge is 2.42. The quantitative estimate of drug-likeness (QED) is 0.167. The largest absolute Gasteiger partial charge is 0.451 e. The van der Waals surface area contributed by atoms with Crippen LogP contribution in [0.25, 0.3) is 0 Å². The molecule has 16 heteroatoms. The van der Waals surface area contributed by atoms with Crippen molar-refractivity contribution in [1.82, 2.24) is 19.6 Å². The van der Waals surface area contributed by atoms with E-state index in [1.54, 1.807) is 60.7 Å². The van der Waals surface area contributed by atoms with Gasteiger partial charge in [0.25, 0.3) is 23.6 Å². The van der Waals surface area contributed by atoms with Gasteiger partial charge in [-0.3, -0.25) is 19.2 Å². The lowest BCUT2D eigenvalue weighted by Gasteiger charge is -2.35. The Kier molecular flexibility index (Phi) is 22.4. The summed E-state index contributed by atoms with van der Waals surface area (Å²) >= 11 is 0. The Labute approximate surface area is 409 Å². The molecule has 3 rings (SSSR count). The number of amides is 4. The van der Waals surface area contributed by atoms with Crippen LogP contribution in [0.1, 0.15) is 112 Å². The van der Waals surface area contributed by atoms with Crippen LogP contribution in [-0.4, -0.2) is 144 Å². The molecule has 0 N–H and O–H groups in total. The van der Waals surface area contributed by atoms with Gasteiger partial charge in [0.15, 0.2) is 24.4 Å². The Morgan fingerprint density at radius 2 is 0.696 bits per heavy atom. The van der Waals surface area contributed by atoms with E-state index in [-0.39, 0.29) is 62.2 Å². The van der Waals surface area contributed by atoms with E-state index in [0.717, 1.165) is 19.6 Å². The highest BCUT2D eigenvalue weighted by atomic mass is 16.6. The molecule has 69 heavy (non-hydrogen) atoms. The summed E-state index contributed by atoms with van der Waals surface area (Å²) in [6, 6.07) is 12.8. The highest BCUT2D eigenvalue weighted by molar-refractivity contribution is 5.94. The van der Waals surface area contributed by atoms with Gasteiger partial charge in [0.05, 0.1) is 0 Å². The SMILES string of the molecule is CC(C)CC[C@H]1C(=O)O[C@H](Cc2ccccc2)C(=O)N(C)[C@@H](CC(C)C)C(=O)O[C@H](C)C(=O)N(C)[C@@H](CC(C)C)C(=O)O[C@H](Cc2ccccc2)C(=O)N(C)[C@@H](CC(C)C)C(=O)O[C@H](C)C(=O)N1C. The second-order valence-corrected chi connectivity index (χ2v) is 20.1. The molecule has 0 radical (unpaired) electrons. The van der Waals surface area contributed by atoms with Gasteiger partial charge in [0.2, 0.25) is 0 Å². The molecule has 1 aliphatic heterocycles. The number of ether oxygens (including phenoxy) is 4. The van der Waals surface area contributed by atoms with Crippen molar-refractivity contribution in [2.24, 2.45) is 23.7 Å². The first-order chi connectivity index (χ1) is 32.3. The van der Waals surface area contributed by atoms with Gasteiger partial charge in [-0.05, 0) is 80.8 Å². The molecule has 0 spiro atoms. The minimum absolute atomic E-state index is 0.0789. The van der Waals surface area contributed by atoms with E-state index >= 15 is 0 Å². The summed E-state index contributed by atoms with van der Waals surface area (Å²) in [6.07, 6.45) is -5.04. The molecule has 0 aromatic heterocycles. The minimum Gasteiger partial charge on any atom is -0.451 e. The first kappa shape index (κ1) is 57.5. The van der Waals surface area contributed by atoms with Crippen LogP contribution in [0, 0.1) is 23.7 Å². The van der Waals surface area contributed by atoms with Crippen LogP contribution in [0.15, 0.2) is 60.7 Å². The molecular formula is C53H78N4O12. The zero-order valence-electron chi connectivity index (χ0n) is 43.3. The fourth-order valence-corrected chi connectivity index (χ4v) is 8.24. The van der Waals surface area contributed by atoms with Gasteiger partial charge in [-0.1, -0.05) is 116 Å². The van der Waals surface area contributed by atoms with E-state index in [2.05, 4.69) is 0 Å². The Morgan fingerprint density at radius 1 is 0.406 bits per heavy atom. The van der Waals surface area contributed by atoms with Crippen molar-refractivity contribution in [2.75, 3.05) is 28.2 Å². The summed E-state index contributed by atoms with van der Waals surface area (Å²) in [5, 5.41) is 0. The van der Waals surface area contributed by atoms with Gasteiger partial charge in [-0.15, -0.1) is 0 Å². The van der Waals surface area contributed by atoms with Gasteiger partial charge in [-0.2, -0.15) is 0 Å². The molecule has 4 amide bonds. The monoisotopic (exact) mass is 963 g/mol. The third-order valence-electron chi connectivity index (χ3n) is 12.3. The third-order valence-corrected chi connectivity index (χ3v) is 12.3. The molecule has 0 unspecified atom stereocenters. The summed E-state index contributed by atoms with van der Waals surface area (Å²) in [4.78, 5) is 120. The van der Waals surface area contributed by atoms with Gasteiger partial charge in [0.1, 0.15) is 24.2 Å². The predicted molar refractivity (Wildman–Crippen MR) is 260 cm³/mol. The number of cyclic esters (lactones) is 4. The van der Waals surface area contributed by atoms with Gasteiger partial charge in [0, 0.05) is 41.0 Å². The second kappa shape index (κ2) is 26.8. The maximum Gasteiger partial charge on any atom is 0.329 e. The standard InChI is InChI=1S/C53H78N4O12/c1-32(2)25-26-40-50(62)68-44(30-38-21-17-15-18-22-38)48(60)56(13)42(28-34(5)6)52(64)67-37(10)47(59)55(12)43(29-35(7)8)53(65)69-45(31-39-23-19-16-20-24-39)49(61)57(14)41(27-33(3)4)51(63)66-36(9)46(58)54(40)11/h15-24,32-37,40-45H,25-31H2,1-14H3/t36-,37-,40+,41+,42+,43+,44-,45-/m1/s1. The van der Waals surface area contributed by atoms with E-state index in [0.29, 0.717) is 17.5 Å². The van der Waals surface area contributed by atoms with Crippen LogP contribution in [0.5, 0.6) is 0 Å². The number of carbonyl (C=O) groups is 8. The third kappa shape index (κ3) is 17.0. The number of esters is 4. The molecular weight excluding hydrogens is 885 g/mol. The van der Waals surface area contributed by atoms with Crippen LogP contribution >= 0.6 is 0 Å². The van der Waals surface area contributed by atoms with Crippen LogP contribution < -0.4 is 0 Å². The molecule has 0 saturated carbocycles. The summed E-state index contributed by atoms with van der Waals surface area (Å²) in [5.41, 5.74) is 1.30. The Bertz CT molecular complexity index is 2040. The van der Waals surface area contributed by atoms with Crippen LogP contribution in [0.2, 0.25) is 0 Å². The van der Waals surface area contributed by atoms with Crippen molar-refractivity contribution >= 4 is 47.5 Å². The maximum absolute atomic E-state index is 14.7. The fourth-order valence-electron chi connectivity index (χ4n) is 8.24. The van der Waals surface area contributed by atoms with E-state index in [9.17, 15) is 38.4 Å². The molecule has 382 valence electrons. The van der Waals surface area contributed by atoms with Crippen molar-refractivity contribution in [2.45, 2.75) is 163 Å². The second-order valence-electron chi connectivity index (χ2n) is 20.1. The van der Waals surface area contributed by atoms with E-state index in [4.69, 9.17) is 18.9 Å². The maximum atomic E-state index is 14.7. The number of benzene rings is 2. The molecule has 1 heterocycles. The zero-order chi connectivity index (χ0) is 51.9. The van der Waals surface area contributed by atoms with Gasteiger partial charge in [-0.25, -0.2) is 19.2 Å². The zero-order valence-corrected chi connectivity index (χ0v) is 43.3. The van der Waals surface area contributed by atoms with Gasteiger partial charge >= 0.3 is 23.9 Å². The number of rotatable bonds is 13. The lowest BCUT2D eigenvalue weighted by atomic mass is 10.00. The predicted octanol–water partition coefficient (Wildman–Crippen LogP) is 6.05. The topological polar surface area (TPSA) is 186 Å². The van der Waals surface area contributed by atoms with E-state index < -0.39 is 96.1 Å². The van der Waals surface area contributed by atoms with E-state index in [1.807, 2.05) is 55.4 Å². The highest BCUT2D eigenvalue weighted by Crippen LogP contribution is 2.24. The number of likely N-dealkylation sites (N-methyl/N-ethyl adjacent to an activating group) is 4. The van der Waals surface area contributed by atoms with Crippen LogP contribution in [-0.2, 0) is 70.1 Å². The van der Waals surface area contributed by atoms with Gasteiger partial charge < -0.3 is 38.5 Å². The summed E-state index contributed by atoms with van der Waals surface area (Å²) < 4.78 is 23.8. The molecule has 16 nitrogen and oxygen atoms in total. The fraction of sp³-hybridized carbons (Fsp3) is 0.623. The lowest BCUT2D eigenvalue weighted by molar-refractivity contribution is -0.176. The molecule has 0 aliphatic carbocycles. The molecule has 1 aliphatic rings. The molecule has 0 bridgehead atoms. The van der Waals surface area contributed by atoms with Crippen molar-refractivity contribution < 1.29 is 57.3 Å². The molecule has 2 aromatic carbocycles. The first-order valence-corrected chi connectivity index (χ1v) is 24.3. The van der Waals surface area contributed by atoms with Crippen molar-refractivity contribution in [3.63, 3.8) is 0 Å². The number of nitrogens with zero attached hydrogens (tertiary/aromatic N) is 4. The number of carbonyl (C=O) groups excluding carboxylic acids is 8. The van der Waals surface area contributed by atoms with Crippen molar-refractivity contribution in [3.8, 4) is 0 Å². The lowest BCUT2D eigenvalue weighted by Crippen LogP contribution is -2.54. The first-order valence-electron chi connectivity index (χ1n) is 24.3. The van der Waals surface area contributed by atoms with Crippen LogP contribution in [0.4, 0.5) is 0 Å². The smallest absolute Gasteiger partial charge is 0.329 e. The summed E-state index contributed by atoms with van der Waals surface area (Å²) in [5.74, 6) is -6.85. The summed E-state index contributed by atoms with van der Waals surface area (Å²) in [7, 11) is 5.59. The molecule has 1 saturated heterocycles. The Morgan fingerprint density at radius 3 is 1.01 bits per heavy atom. The summed E-state index contributed by atoms with van der Waals surface area (Å²) in [6.45, 7) is 17.8. The number of hydrogen-bond donors (Lipinski definition) is 0. The van der Waals surface area contributed by atoms with Crippen molar-refractivity contribution in [3.05, 3.63) is 71.8 Å². The van der Waals surface area contributed by atoms with Crippen LogP contribution in [0.3, 0.4) is 0 Å². The Balaban J connectivity index is 2.25. The molecule has 1 fully saturated rings. The normalized spacial score (nSPS) is 25.0. The molecule has 8 atom stereocenters.